The van der Waals surface area contributed by atoms with Gasteiger partial charge in [0.2, 0.25) is 0 Å². The Morgan fingerprint density at radius 2 is 1.76 bits per heavy atom. The van der Waals surface area contributed by atoms with Crippen molar-refractivity contribution in [3.8, 4) is 5.75 Å². The van der Waals surface area contributed by atoms with E-state index in [-0.39, 0.29) is 21.2 Å². The summed E-state index contributed by atoms with van der Waals surface area (Å²) < 4.78 is 46.9. The molecule has 0 aromatic heterocycles. The van der Waals surface area contributed by atoms with Gasteiger partial charge in [-0.25, -0.2) is 18.2 Å². The summed E-state index contributed by atoms with van der Waals surface area (Å²) in [5, 5.41) is 4.18. The van der Waals surface area contributed by atoms with Crippen molar-refractivity contribution in [3.63, 3.8) is 0 Å². The molecule has 0 aliphatic rings. The van der Waals surface area contributed by atoms with Crippen molar-refractivity contribution in [2.45, 2.75) is 11.8 Å². The number of benzene rings is 3. The number of rotatable bonds is 9. The Hall–Kier alpha value is -3.14. The largest absolute Gasteiger partial charge is 0.494 e. The molecule has 3 rings (SSSR count). The number of sulfonamides is 1. The lowest BCUT2D eigenvalue weighted by atomic mass is 10.2. The van der Waals surface area contributed by atoms with Gasteiger partial charge in [0.1, 0.15) is 18.1 Å². The number of nitrogens with zero attached hydrogens (tertiary/aromatic N) is 2. The van der Waals surface area contributed by atoms with Crippen molar-refractivity contribution in [3.05, 3.63) is 88.2 Å². The molecule has 3 aromatic carbocycles. The number of ether oxygens (including phenoxy) is 1. The minimum atomic E-state index is -4.14. The van der Waals surface area contributed by atoms with Crippen LogP contribution in [0.3, 0.4) is 0 Å². The number of anilines is 1. The number of carbonyl (C=O) groups excluding carboxylic acids is 1. The zero-order valence-electron chi connectivity index (χ0n) is 17.9. The first-order chi connectivity index (χ1) is 16.2. The Kier molecular flexibility index (Phi) is 8.49. The fourth-order valence-electron chi connectivity index (χ4n) is 2.89. The maximum absolute atomic E-state index is 13.9. The Bertz CT molecular complexity index is 1260. The van der Waals surface area contributed by atoms with Crippen LogP contribution in [0.4, 0.5) is 10.1 Å². The molecule has 0 saturated carbocycles. The number of halogens is 3. The summed E-state index contributed by atoms with van der Waals surface area (Å²) >= 11 is 11.8. The summed E-state index contributed by atoms with van der Waals surface area (Å²) in [4.78, 5) is 12.5. The fraction of sp³-hybridized carbons (Fsp3) is 0.130. The molecule has 178 valence electrons. The van der Waals surface area contributed by atoms with Crippen molar-refractivity contribution in [1.29, 1.82) is 0 Å². The van der Waals surface area contributed by atoms with Gasteiger partial charge in [0.15, 0.2) is 0 Å². The predicted octanol–water partition coefficient (Wildman–Crippen LogP) is 4.88. The first-order valence-electron chi connectivity index (χ1n) is 9.99. The third kappa shape index (κ3) is 6.25. The van der Waals surface area contributed by atoms with E-state index < -0.39 is 28.3 Å². The van der Waals surface area contributed by atoms with Crippen LogP contribution in [0.5, 0.6) is 5.75 Å². The summed E-state index contributed by atoms with van der Waals surface area (Å²) in [6.45, 7) is 1.67. The molecule has 1 N–H and O–H groups in total. The molecule has 0 radical (unpaired) electrons. The molecule has 0 heterocycles. The first kappa shape index (κ1) is 25.5. The maximum Gasteiger partial charge on any atom is 0.264 e. The molecule has 0 spiro atoms. The van der Waals surface area contributed by atoms with E-state index in [2.05, 4.69) is 10.5 Å². The zero-order chi connectivity index (χ0) is 24.7. The molecule has 0 unspecified atom stereocenters. The van der Waals surface area contributed by atoms with E-state index in [0.29, 0.717) is 17.4 Å². The molecule has 3 aromatic rings. The molecule has 0 atom stereocenters. The standard InChI is InChI=1S/C23H20Cl2FN3O4S/c1-2-33-18-10-8-17(9-11-18)29(34(31,32)19-12-6-16(24)7-13-19)15-23(30)28-27-14-20-21(25)4-3-5-22(20)26/h3-14H,2,15H2,1H3,(H,28,30)/b27-14-. The van der Waals surface area contributed by atoms with Crippen LogP contribution in [-0.2, 0) is 14.8 Å². The van der Waals surface area contributed by atoms with E-state index in [4.69, 9.17) is 27.9 Å². The second kappa shape index (κ2) is 11.3. The van der Waals surface area contributed by atoms with Gasteiger partial charge in [0.05, 0.1) is 28.4 Å². The van der Waals surface area contributed by atoms with Gasteiger partial charge >= 0.3 is 0 Å². The highest BCUT2D eigenvalue weighted by Gasteiger charge is 2.27. The summed E-state index contributed by atoms with van der Waals surface area (Å²) in [6, 6.07) is 15.9. The number of nitrogens with one attached hydrogen (secondary N) is 1. The van der Waals surface area contributed by atoms with Gasteiger partial charge in [-0.3, -0.25) is 9.10 Å². The van der Waals surface area contributed by atoms with E-state index in [1.165, 1.54) is 54.6 Å². The average Bonchev–Trinajstić information content (AvgIpc) is 2.80. The third-order valence-electron chi connectivity index (χ3n) is 4.51. The highest BCUT2D eigenvalue weighted by Crippen LogP contribution is 2.26. The van der Waals surface area contributed by atoms with Crippen LogP contribution in [0.2, 0.25) is 10.0 Å². The van der Waals surface area contributed by atoms with E-state index in [1.54, 1.807) is 12.1 Å². The molecule has 0 saturated heterocycles. The molecule has 1 amide bonds. The molecular weight excluding hydrogens is 504 g/mol. The fourth-order valence-corrected chi connectivity index (χ4v) is 4.65. The SMILES string of the molecule is CCOc1ccc(N(CC(=O)N/N=C\c2c(F)cccc2Cl)S(=O)(=O)c2ccc(Cl)cc2)cc1. The van der Waals surface area contributed by atoms with Gasteiger partial charge in [0.25, 0.3) is 15.9 Å². The van der Waals surface area contributed by atoms with Crippen molar-refractivity contribution >= 4 is 51.0 Å². The highest BCUT2D eigenvalue weighted by atomic mass is 35.5. The Morgan fingerprint density at radius 3 is 2.38 bits per heavy atom. The Morgan fingerprint density at radius 1 is 1.09 bits per heavy atom. The molecule has 0 bridgehead atoms. The topological polar surface area (TPSA) is 88.1 Å². The smallest absolute Gasteiger partial charge is 0.264 e. The monoisotopic (exact) mass is 523 g/mol. The van der Waals surface area contributed by atoms with Crippen molar-refractivity contribution in [2.24, 2.45) is 5.10 Å². The lowest BCUT2D eigenvalue weighted by molar-refractivity contribution is -0.119. The van der Waals surface area contributed by atoms with E-state index in [0.717, 1.165) is 10.5 Å². The number of carbonyl (C=O) groups is 1. The van der Waals surface area contributed by atoms with Crippen LogP contribution in [0.25, 0.3) is 0 Å². The number of hydrogen-bond acceptors (Lipinski definition) is 5. The summed E-state index contributed by atoms with van der Waals surface area (Å²) in [6.07, 6.45) is 1.05. The minimum absolute atomic E-state index is 0.0124. The predicted molar refractivity (Wildman–Crippen MR) is 131 cm³/mol. The molecule has 0 fully saturated rings. The van der Waals surface area contributed by atoms with Crippen LogP contribution < -0.4 is 14.5 Å². The van der Waals surface area contributed by atoms with Crippen LogP contribution in [0, 0.1) is 5.82 Å². The third-order valence-corrected chi connectivity index (χ3v) is 6.88. The molecule has 11 heteroatoms. The summed E-state index contributed by atoms with van der Waals surface area (Å²) in [5.41, 5.74) is 2.42. The van der Waals surface area contributed by atoms with E-state index >= 15 is 0 Å². The number of hydrogen-bond donors (Lipinski definition) is 1. The normalized spacial score (nSPS) is 11.4. The van der Waals surface area contributed by atoms with Gasteiger partial charge in [-0.15, -0.1) is 0 Å². The van der Waals surface area contributed by atoms with Crippen LogP contribution in [-0.4, -0.2) is 33.7 Å². The number of amides is 1. The van der Waals surface area contributed by atoms with Crippen molar-refractivity contribution < 1.29 is 22.3 Å². The van der Waals surface area contributed by atoms with Gasteiger partial charge in [-0.05, 0) is 67.6 Å². The molecule has 0 aliphatic heterocycles. The van der Waals surface area contributed by atoms with E-state index in [1.807, 2.05) is 6.92 Å². The molecule has 7 nitrogen and oxygen atoms in total. The van der Waals surface area contributed by atoms with Crippen LogP contribution >= 0.6 is 23.2 Å². The Balaban J connectivity index is 1.86. The first-order valence-corrected chi connectivity index (χ1v) is 12.2. The van der Waals surface area contributed by atoms with Gasteiger partial charge in [-0.2, -0.15) is 5.10 Å². The maximum atomic E-state index is 13.9. The van der Waals surface area contributed by atoms with Crippen LogP contribution in [0.1, 0.15) is 12.5 Å². The van der Waals surface area contributed by atoms with E-state index in [9.17, 15) is 17.6 Å². The minimum Gasteiger partial charge on any atom is -0.494 e. The van der Waals surface area contributed by atoms with Crippen molar-refractivity contribution in [2.75, 3.05) is 17.5 Å². The average molecular weight is 524 g/mol. The van der Waals surface area contributed by atoms with Crippen LogP contribution in [0.15, 0.2) is 76.7 Å². The second-order valence-corrected chi connectivity index (χ2v) is 9.53. The zero-order valence-corrected chi connectivity index (χ0v) is 20.2. The van der Waals surface area contributed by atoms with Gasteiger partial charge in [0, 0.05) is 10.6 Å². The quantitative estimate of drug-likeness (QED) is 0.320. The number of hydrazone groups is 1. The molecular formula is C23H20Cl2FN3O4S. The summed E-state index contributed by atoms with van der Waals surface area (Å²) in [5.74, 6) is -0.826. The van der Waals surface area contributed by atoms with Crippen molar-refractivity contribution in [1.82, 2.24) is 5.43 Å². The van der Waals surface area contributed by atoms with Gasteiger partial charge in [-0.1, -0.05) is 29.3 Å². The molecule has 0 aliphatic carbocycles. The lowest BCUT2D eigenvalue weighted by Gasteiger charge is -2.24. The second-order valence-electron chi connectivity index (χ2n) is 6.82. The Labute approximate surface area is 206 Å². The lowest BCUT2D eigenvalue weighted by Crippen LogP contribution is -2.39. The van der Waals surface area contributed by atoms with Gasteiger partial charge < -0.3 is 4.74 Å². The highest BCUT2D eigenvalue weighted by molar-refractivity contribution is 7.92. The molecule has 34 heavy (non-hydrogen) atoms. The summed E-state index contributed by atoms with van der Waals surface area (Å²) in [7, 11) is -4.14.